The second-order valence-corrected chi connectivity index (χ2v) is 6.13. The molecular weight excluding hydrogens is 322 g/mol. The van der Waals surface area contributed by atoms with Crippen LogP contribution >= 0.6 is 11.6 Å². The molecule has 1 rings (SSSR count). The second kappa shape index (κ2) is 6.83. The lowest BCUT2D eigenvalue weighted by molar-refractivity contribution is -0.384. The number of sulfonamides is 1. The maximum Gasteiger partial charge on any atom is 0.290 e. The number of nitrogens with one attached hydrogen (secondary N) is 1. The first-order chi connectivity index (χ1) is 9.68. The van der Waals surface area contributed by atoms with Gasteiger partial charge in [-0.1, -0.05) is 24.9 Å². The van der Waals surface area contributed by atoms with Crippen LogP contribution in [0.2, 0.25) is 5.02 Å². The Bertz CT molecular complexity index is 675. The highest BCUT2D eigenvalue weighted by molar-refractivity contribution is 7.89. The first-order valence-corrected chi connectivity index (χ1v) is 7.89. The standard InChI is InChI=1S/C11H14ClN3O5S/c1-2-3-4-14-11(16)7-5-8(15(17)18)10(12)9(6-7)21(13,19)20/h5-6H,2-4H2,1H3,(H,14,16)(H2,13,19,20). The predicted molar refractivity (Wildman–Crippen MR) is 76.7 cm³/mol. The van der Waals surface area contributed by atoms with Crippen LogP contribution in [0.15, 0.2) is 17.0 Å². The third-order valence-electron chi connectivity index (χ3n) is 2.60. The number of amides is 1. The van der Waals surface area contributed by atoms with Crippen LogP contribution in [0.25, 0.3) is 0 Å². The van der Waals surface area contributed by atoms with Crippen molar-refractivity contribution in [3.63, 3.8) is 0 Å². The minimum absolute atomic E-state index is 0.189. The number of nitro groups is 1. The van der Waals surface area contributed by atoms with E-state index in [1.54, 1.807) is 0 Å². The molecule has 3 N–H and O–H groups in total. The largest absolute Gasteiger partial charge is 0.352 e. The fourth-order valence-electron chi connectivity index (χ4n) is 1.53. The number of hydrogen-bond donors (Lipinski definition) is 2. The fourth-order valence-corrected chi connectivity index (χ4v) is 2.68. The molecule has 1 amide bonds. The molecular formula is C11H14ClN3O5S. The van der Waals surface area contributed by atoms with Gasteiger partial charge in [-0.05, 0) is 12.5 Å². The van der Waals surface area contributed by atoms with Gasteiger partial charge in [-0.2, -0.15) is 0 Å². The zero-order valence-corrected chi connectivity index (χ0v) is 12.7. The maximum atomic E-state index is 11.9. The molecule has 1 aromatic rings. The molecule has 0 spiro atoms. The van der Waals surface area contributed by atoms with Crippen LogP contribution in [-0.2, 0) is 10.0 Å². The van der Waals surface area contributed by atoms with Gasteiger partial charge in [-0.3, -0.25) is 14.9 Å². The number of nitrogens with two attached hydrogens (primary N) is 1. The molecule has 116 valence electrons. The summed E-state index contributed by atoms with van der Waals surface area (Å²) in [7, 11) is -4.29. The van der Waals surface area contributed by atoms with Crippen molar-refractivity contribution in [2.45, 2.75) is 24.7 Å². The van der Waals surface area contributed by atoms with Gasteiger partial charge in [0, 0.05) is 18.2 Å². The van der Waals surface area contributed by atoms with Crippen LogP contribution in [0.4, 0.5) is 5.69 Å². The number of hydrogen-bond acceptors (Lipinski definition) is 5. The Labute approximate surface area is 126 Å². The van der Waals surface area contributed by atoms with E-state index >= 15 is 0 Å². The Morgan fingerprint density at radius 2 is 2.10 bits per heavy atom. The van der Waals surface area contributed by atoms with E-state index in [0.717, 1.165) is 25.0 Å². The summed E-state index contributed by atoms with van der Waals surface area (Å²) in [6.07, 6.45) is 1.58. The van der Waals surface area contributed by atoms with E-state index in [2.05, 4.69) is 5.32 Å². The Hall–Kier alpha value is -1.71. The molecule has 0 saturated carbocycles. The molecule has 0 aliphatic rings. The lowest BCUT2D eigenvalue weighted by Gasteiger charge is -2.08. The molecule has 0 heterocycles. The number of carbonyl (C=O) groups excluding carboxylic acids is 1. The van der Waals surface area contributed by atoms with Gasteiger partial charge in [-0.15, -0.1) is 0 Å². The lowest BCUT2D eigenvalue weighted by Crippen LogP contribution is -2.25. The molecule has 0 bridgehead atoms. The van der Waals surface area contributed by atoms with E-state index in [9.17, 15) is 23.3 Å². The smallest absolute Gasteiger partial charge is 0.290 e. The predicted octanol–water partition coefficient (Wildman–Crippen LogP) is 1.43. The summed E-state index contributed by atoms with van der Waals surface area (Å²) in [5.74, 6) is -0.631. The van der Waals surface area contributed by atoms with Crippen molar-refractivity contribution in [1.29, 1.82) is 0 Å². The highest BCUT2D eigenvalue weighted by Crippen LogP contribution is 2.32. The molecule has 0 aromatic heterocycles. The molecule has 0 unspecified atom stereocenters. The molecule has 0 saturated heterocycles. The highest BCUT2D eigenvalue weighted by atomic mass is 35.5. The number of benzene rings is 1. The molecule has 0 fully saturated rings. The van der Waals surface area contributed by atoms with Gasteiger partial charge >= 0.3 is 0 Å². The summed E-state index contributed by atoms with van der Waals surface area (Å²) in [4.78, 5) is 21.2. The van der Waals surface area contributed by atoms with Crippen molar-refractivity contribution in [2.75, 3.05) is 6.54 Å². The molecule has 21 heavy (non-hydrogen) atoms. The SMILES string of the molecule is CCCCNC(=O)c1cc([N+](=O)[O-])c(Cl)c(S(N)(=O)=O)c1. The monoisotopic (exact) mass is 335 g/mol. The van der Waals surface area contributed by atoms with Crippen LogP contribution < -0.4 is 10.5 Å². The number of primary sulfonamides is 1. The Morgan fingerprint density at radius 1 is 1.48 bits per heavy atom. The van der Waals surface area contributed by atoms with Crippen molar-refractivity contribution in [3.05, 3.63) is 32.8 Å². The Kier molecular flexibility index (Phi) is 5.64. The number of rotatable bonds is 6. The van der Waals surface area contributed by atoms with Gasteiger partial charge in [0.2, 0.25) is 10.0 Å². The van der Waals surface area contributed by atoms with E-state index in [4.69, 9.17) is 16.7 Å². The van der Waals surface area contributed by atoms with Gasteiger partial charge in [0.15, 0.2) is 0 Å². The third-order valence-corrected chi connectivity index (χ3v) is 4.05. The van der Waals surface area contributed by atoms with Crippen LogP contribution in [0.1, 0.15) is 30.1 Å². The van der Waals surface area contributed by atoms with E-state index in [0.29, 0.717) is 6.54 Å². The summed E-state index contributed by atoms with van der Waals surface area (Å²) in [5, 5.41) is 17.7. The number of carbonyl (C=O) groups is 1. The maximum absolute atomic E-state index is 11.9. The first kappa shape index (κ1) is 17.3. The molecule has 0 aliphatic carbocycles. The van der Waals surface area contributed by atoms with Gasteiger partial charge in [-0.25, -0.2) is 13.6 Å². The molecule has 0 atom stereocenters. The van der Waals surface area contributed by atoms with Crippen molar-refractivity contribution in [3.8, 4) is 0 Å². The van der Waals surface area contributed by atoms with E-state index < -0.39 is 36.5 Å². The number of halogens is 1. The summed E-state index contributed by atoms with van der Waals surface area (Å²) < 4.78 is 22.8. The van der Waals surface area contributed by atoms with Gasteiger partial charge in [0.05, 0.1) is 4.92 Å². The zero-order chi connectivity index (χ0) is 16.2. The quantitative estimate of drug-likeness (QED) is 0.461. The van der Waals surface area contributed by atoms with Crippen molar-refractivity contribution >= 4 is 33.2 Å². The number of nitrogens with zero attached hydrogens (tertiary/aromatic N) is 1. The summed E-state index contributed by atoms with van der Waals surface area (Å²) in [6, 6.07) is 1.84. The van der Waals surface area contributed by atoms with Crippen LogP contribution in [0.3, 0.4) is 0 Å². The van der Waals surface area contributed by atoms with Gasteiger partial charge in [0.1, 0.15) is 9.92 Å². The minimum atomic E-state index is -4.29. The van der Waals surface area contributed by atoms with Crippen LogP contribution in [-0.4, -0.2) is 25.8 Å². The van der Waals surface area contributed by atoms with E-state index in [1.165, 1.54) is 0 Å². The van der Waals surface area contributed by atoms with E-state index in [-0.39, 0.29) is 5.56 Å². The van der Waals surface area contributed by atoms with Gasteiger partial charge < -0.3 is 5.32 Å². The summed E-state index contributed by atoms with van der Waals surface area (Å²) in [5.41, 5.74) is -0.880. The molecule has 8 nitrogen and oxygen atoms in total. The van der Waals surface area contributed by atoms with Crippen molar-refractivity contribution in [2.24, 2.45) is 5.14 Å². The normalized spacial score (nSPS) is 11.2. The molecule has 10 heteroatoms. The molecule has 0 aliphatic heterocycles. The van der Waals surface area contributed by atoms with Crippen molar-refractivity contribution < 1.29 is 18.1 Å². The molecule has 1 aromatic carbocycles. The van der Waals surface area contributed by atoms with Gasteiger partial charge in [0.25, 0.3) is 11.6 Å². The number of nitro benzene ring substituents is 1. The van der Waals surface area contributed by atoms with Crippen LogP contribution in [0, 0.1) is 10.1 Å². The minimum Gasteiger partial charge on any atom is -0.352 e. The third kappa shape index (κ3) is 4.38. The highest BCUT2D eigenvalue weighted by Gasteiger charge is 2.25. The fraction of sp³-hybridized carbons (Fsp3) is 0.364. The average Bonchev–Trinajstić information content (AvgIpc) is 2.37. The van der Waals surface area contributed by atoms with E-state index in [1.807, 2.05) is 6.92 Å². The average molecular weight is 336 g/mol. The lowest BCUT2D eigenvalue weighted by atomic mass is 10.2. The number of unbranched alkanes of at least 4 members (excludes halogenated alkanes) is 1. The topological polar surface area (TPSA) is 132 Å². The van der Waals surface area contributed by atoms with Crippen molar-refractivity contribution in [1.82, 2.24) is 5.32 Å². The Morgan fingerprint density at radius 3 is 2.57 bits per heavy atom. The molecule has 0 radical (unpaired) electrons. The summed E-state index contributed by atoms with van der Waals surface area (Å²) >= 11 is 5.66. The zero-order valence-electron chi connectivity index (χ0n) is 11.1. The first-order valence-electron chi connectivity index (χ1n) is 5.97. The van der Waals surface area contributed by atoms with Crippen LogP contribution in [0.5, 0.6) is 0 Å². The second-order valence-electron chi connectivity index (χ2n) is 4.22. The summed E-state index contributed by atoms with van der Waals surface area (Å²) in [6.45, 7) is 2.30. The Balaban J connectivity index is 3.31.